The molecule has 1 N–H and O–H groups in total. The van der Waals surface area contributed by atoms with Gasteiger partial charge < -0.3 is 9.84 Å². The summed E-state index contributed by atoms with van der Waals surface area (Å²) in [5, 5.41) is 9.83. The van der Waals surface area contributed by atoms with Gasteiger partial charge in [-0.1, -0.05) is 22.4 Å². The van der Waals surface area contributed by atoms with Crippen LogP contribution in [0.1, 0.15) is 25.7 Å². The topological polar surface area (TPSA) is 29.5 Å². The van der Waals surface area contributed by atoms with E-state index in [-0.39, 0.29) is 12.2 Å². The van der Waals surface area contributed by atoms with Crippen molar-refractivity contribution in [3.63, 3.8) is 0 Å². The summed E-state index contributed by atoms with van der Waals surface area (Å²) in [5.41, 5.74) is 0. The first-order valence-corrected chi connectivity index (χ1v) is 7.05. The maximum Gasteiger partial charge on any atom is 0.134 e. The Labute approximate surface area is 112 Å². The Kier molecular flexibility index (Phi) is 4.27. The van der Waals surface area contributed by atoms with Crippen LogP contribution in [0.3, 0.4) is 0 Å². The lowest BCUT2D eigenvalue weighted by atomic mass is 9.95. The van der Waals surface area contributed by atoms with Crippen LogP contribution in [0.25, 0.3) is 0 Å². The fraction of sp³-hybridized carbons (Fsp3) is 0.500. The van der Waals surface area contributed by atoms with Crippen LogP contribution in [0, 0.1) is 0 Å². The van der Waals surface area contributed by atoms with E-state index < -0.39 is 0 Å². The number of ether oxygens (including phenoxy) is 1. The molecule has 1 aliphatic carbocycles. The highest BCUT2D eigenvalue weighted by Crippen LogP contribution is 2.31. The van der Waals surface area contributed by atoms with Gasteiger partial charge in [-0.2, -0.15) is 0 Å². The van der Waals surface area contributed by atoms with Crippen molar-refractivity contribution < 1.29 is 9.84 Å². The molecule has 88 valence electrons. The van der Waals surface area contributed by atoms with Crippen molar-refractivity contribution >= 4 is 31.9 Å². The SMILES string of the molecule is O[C@@H]1CCCC[C@H]1Oc1ccc(Br)cc1Br. The van der Waals surface area contributed by atoms with Gasteiger partial charge in [0.15, 0.2) is 0 Å². The molecule has 0 spiro atoms. The van der Waals surface area contributed by atoms with Crippen molar-refractivity contribution in [2.75, 3.05) is 0 Å². The third-order valence-corrected chi connectivity index (χ3v) is 3.95. The van der Waals surface area contributed by atoms with Gasteiger partial charge in [0.2, 0.25) is 0 Å². The summed E-state index contributed by atoms with van der Waals surface area (Å²) in [7, 11) is 0. The molecule has 0 bridgehead atoms. The van der Waals surface area contributed by atoms with Crippen LogP contribution in [0.2, 0.25) is 0 Å². The molecule has 1 aliphatic rings. The number of halogens is 2. The summed E-state index contributed by atoms with van der Waals surface area (Å²) >= 11 is 6.86. The zero-order valence-electron chi connectivity index (χ0n) is 8.83. The van der Waals surface area contributed by atoms with Gasteiger partial charge in [-0.3, -0.25) is 0 Å². The molecule has 0 amide bonds. The number of hydrogen-bond acceptors (Lipinski definition) is 2. The van der Waals surface area contributed by atoms with E-state index in [9.17, 15) is 5.11 Å². The maximum atomic E-state index is 9.83. The summed E-state index contributed by atoms with van der Waals surface area (Å²) in [6.45, 7) is 0. The van der Waals surface area contributed by atoms with Gasteiger partial charge in [0, 0.05) is 4.47 Å². The standard InChI is InChI=1S/C12H14Br2O2/c13-8-5-6-11(9(14)7-8)16-12-4-2-1-3-10(12)15/h5-7,10,12,15H,1-4H2/t10-,12-/m1/s1. The normalized spacial score (nSPS) is 25.4. The Balaban J connectivity index is 2.07. The average Bonchev–Trinajstić information content (AvgIpc) is 2.25. The minimum atomic E-state index is -0.329. The molecule has 16 heavy (non-hydrogen) atoms. The summed E-state index contributed by atoms with van der Waals surface area (Å²) in [6.07, 6.45) is 3.62. The van der Waals surface area contributed by atoms with Crippen LogP contribution in [-0.2, 0) is 0 Å². The molecule has 2 rings (SSSR count). The molecule has 2 nitrogen and oxygen atoms in total. The van der Waals surface area contributed by atoms with Crippen molar-refractivity contribution in [2.45, 2.75) is 37.9 Å². The van der Waals surface area contributed by atoms with Crippen molar-refractivity contribution in [3.8, 4) is 5.75 Å². The lowest BCUT2D eigenvalue weighted by molar-refractivity contribution is 0.00648. The van der Waals surface area contributed by atoms with Crippen LogP contribution in [0.4, 0.5) is 0 Å². The predicted octanol–water partition coefficient (Wildman–Crippen LogP) is 3.89. The molecule has 0 heterocycles. The Hall–Kier alpha value is -0.0600. The first-order valence-electron chi connectivity index (χ1n) is 5.46. The first-order chi connectivity index (χ1) is 7.66. The van der Waals surface area contributed by atoms with Gasteiger partial charge in [0.1, 0.15) is 11.9 Å². The second-order valence-corrected chi connectivity index (χ2v) is 5.85. The molecule has 1 aromatic carbocycles. The van der Waals surface area contributed by atoms with Crippen LogP contribution in [0.5, 0.6) is 5.75 Å². The molecule has 0 saturated heterocycles. The van der Waals surface area contributed by atoms with Gasteiger partial charge in [-0.25, -0.2) is 0 Å². The highest BCUT2D eigenvalue weighted by Gasteiger charge is 2.25. The largest absolute Gasteiger partial charge is 0.487 e. The molecule has 1 aromatic rings. The van der Waals surface area contributed by atoms with Crippen LogP contribution in [-0.4, -0.2) is 17.3 Å². The van der Waals surface area contributed by atoms with Gasteiger partial charge in [0.25, 0.3) is 0 Å². The lowest BCUT2D eigenvalue weighted by Crippen LogP contribution is -2.34. The number of hydrogen-bond donors (Lipinski definition) is 1. The van der Waals surface area contributed by atoms with Crippen LogP contribution >= 0.6 is 31.9 Å². The first kappa shape index (κ1) is 12.4. The van der Waals surface area contributed by atoms with E-state index in [0.29, 0.717) is 0 Å². The van der Waals surface area contributed by atoms with E-state index in [2.05, 4.69) is 31.9 Å². The van der Waals surface area contributed by atoms with Gasteiger partial charge in [-0.15, -0.1) is 0 Å². The fourth-order valence-electron chi connectivity index (χ4n) is 1.95. The van der Waals surface area contributed by atoms with E-state index in [1.807, 2.05) is 18.2 Å². The van der Waals surface area contributed by atoms with E-state index in [1.54, 1.807) is 0 Å². The highest BCUT2D eigenvalue weighted by atomic mass is 79.9. The van der Waals surface area contributed by atoms with Gasteiger partial charge in [-0.05, 0) is 53.4 Å². The van der Waals surface area contributed by atoms with Crippen molar-refractivity contribution in [2.24, 2.45) is 0 Å². The number of benzene rings is 1. The molecule has 4 heteroatoms. The third-order valence-electron chi connectivity index (χ3n) is 2.84. The molecular formula is C12H14Br2O2. The average molecular weight is 350 g/mol. The molecule has 0 aromatic heterocycles. The Bertz CT molecular complexity index is 368. The van der Waals surface area contributed by atoms with E-state index in [1.165, 1.54) is 0 Å². The third kappa shape index (κ3) is 2.99. The van der Waals surface area contributed by atoms with Crippen molar-refractivity contribution in [1.29, 1.82) is 0 Å². The predicted molar refractivity (Wildman–Crippen MR) is 70.7 cm³/mol. The van der Waals surface area contributed by atoms with Crippen molar-refractivity contribution in [1.82, 2.24) is 0 Å². The minimum Gasteiger partial charge on any atom is -0.487 e. The quantitative estimate of drug-likeness (QED) is 0.877. The monoisotopic (exact) mass is 348 g/mol. The summed E-state index contributed by atoms with van der Waals surface area (Å²) in [4.78, 5) is 0. The fourth-order valence-corrected chi connectivity index (χ4v) is 3.09. The van der Waals surface area contributed by atoms with Gasteiger partial charge in [0.05, 0.1) is 10.6 Å². The maximum absolute atomic E-state index is 9.83. The molecule has 0 aliphatic heterocycles. The number of rotatable bonds is 2. The van der Waals surface area contributed by atoms with Crippen LogP contribution in [0.15, 0.2) is 27.1 Å². The number of aliphatic hydroxyl groups excluding tert-OH is 1. The lowest BCUT2D eigenvalue weighted by Gasteiger charge is -2.28. The molecular weight excluding hydrogens is 336 g/mol. The minimum absolute atomic E-state index is 0.0637. The van der Waals surface area contributed by atoms with E-state index >= 15 is 0 Å². The number of aliphatic hydroxyl groups is 1. The van der Waals surface area contributed by atoms with Gasteiger partial charge >= 0.3 is 0 Å². The molecule has 0 unspecified atom stereocenters. The summed E-state index contributed by atoms with van der Waals surface area (Å²) in [5.74, 6) is 0.800. The zero-order chi connectivity index (χ0) is 11.5. The molecule has 1 fully saturated rings. The molecule has 2 atom stereocenters. The van der Waals surface area contributed by atoms with E-state index in [0.717, 1.165) is 40.4 Å². The van der Waals surface area contributed by atoms with Crippen molar-refractivity contribution in [3.05, 3.63) is 27.1 Å². The second-order valence-electron chi connectivity index (χ2n) is 4.08. The summed E-state index contributed by atoms with van der Waals surface area (Å²) < 4.78 is 7.76. The Morgan fingerprint density at radius 2 is 1.94 bits per heavy atom. The van der Waals surface area contributed by atoms with Crippen LogP contribution < -0.4 is 4.74 Å². The molecule has 0 radical (unpaired) electrons. The second kappa shape index (κ2) is 5.52. The smallest absolute Gasteiger partial charge is 0.134 e. The molecule has 1 saturated carbocycles. The van der Waals surface area contributed by atoms with E-state index in [4.69, 9.17) is 4.74 Å². The summed E-state index contributed by atoms with van der Waals surface area (Å²) in [6, 6.07) is 5.80. The Morgan fingerprint density at radius 1 is 1.19 bits per heavy atom. The highest BCUT2D eigenvalue weighted by molar-refractivity contribution is 9.11. The zero-order valence-corrected chi connectivity index (χ0v) is 12.0. The Morgan fingerprint density at radius 3 is 2.62 bits per heavy atom.